The number of aromatic nitrogens is 1. The van der Waals surface area contributed by atoms with Crippen LogP contribution in [-0.4, -0.2) is 33.0 Å². The van der Waals surface area contributed by atoms with Crippen LogP contribution in [0.2, 0.25) is 0 Å². The zero-order chi connectivity index (χ0) is 24.2. The maximum Gasteiger partial charge on any atom is 0.270 e. The molecule has 0 bridgehead atoms. The Balaban J connectivity index is 1.73. The van der Waals surface area contributed by atoms with Gasteiger partial charge in [0.1, 0.15) is 22.2 Å². The highest BCUT2D eigenvalue weighted by molar-refractivity contribution is 7.09. The molecule has 10 nitrogen and oxygen atoms in total. The van der Waals surface area contributed by atoms with Crippen LogP contribution >= 0.6 is 11.5 Å². The van der Waals surface area contributed by atoms with E-state index in [0.29, 0.717) is 17.3 Å². The van der Waals surface area contributed by atoms with Gasteiger partial charge in [0.05, 0.1) is 18.5 Å². The van der Waals surface area contributed by atoms with Crippen LogP contribution in [0, 0.1) is 6.92 Å². The summed E-state index contributed by atoms with van der Waals surface area (Å²) in [7, 11) is 0. The Morgan fingerprint density at radius 1 is 1.24 bits per heavy atom. The van der Waals surface area contributed by atoms with Gasteiger partial charge >= 0.3 is 0 Å². The minimum absolute atomic E-state index is 0.0131. The Bertz CT molecular complexity index is 1160. The van der Waals surface area contributed by atoms with Gasteiger partial charge in [0, 0.05) is 6.04 Å². The van der Waals surface area contributed by atoms with Gasteiger partial charge in [0.2, 0.25) is 0 Å². The second-order valence-electron chi connectivity index (χ2n) is 8.35. The minimum atomic E-state index is -1.09. The number of furan rings is 2. The fraction of sp³-hybridized carbons (Fsp3) is 0.391. The minimum Gasteiger partial charge on any atom is -0.467 e. The first-order chi connectivity index (χ1) is 16.3. The normalized spacial score (nSPS) is 15.1. The molecule has 180 valence electrons. The number of hydrogen-bond acceptors (Lipinski definition) is 8. The standard InChI is InChI=1S/C23H27N5O5S/c1-13-9-10-16(33-13)19(22(30)26-14-6-3-2-4-7-14)28(12-15-8-5-11-32-15)23(31)20-17(24)18(21(25)29)27-34-20/h5,8-11,14,19H,2-4,6-7,12,24H2,1H3,(H2,25,29)(H,26,30). The van der Waals surface area contributed by atoms with Gasteiger partial charge in [-0.1, -0.05) is 19.3 Å². The molecule has 3 aromatic rings. The summed E-state index contributed by atoms with van der Waals surface area (Å²) in [6.45, 7) is 1.73. The van der Waals surface area contributed by atoms with E-state index in [1.807, 2.05) is 0 Å². The van der Waals surface area contributed by atoms with Crippen LogP contribution in [0.3, 0.4) is 0 Å². The molecule has 1 fully saturated rings. The molecule has 4 rings (SSSR count). The lowest BCUT2D eigenvalue weighted by molar-refractivity contribution is -0.127. The molecule has 0 radical (unpaired) electrons. The second kappa shape index (κ2) is 10.1. The average Bonchev–Trinajstić information content (AvgIpc) is 3.55. The fourth-order valence-corrected chi connectivity index (χ4v) is 4.92. The highest BCUT2D eigenvalue weighted by Crippen LogP contribution is 2.31. The number of hydrogen-bond donors (Lipinski definition) is 3. The second-order valence-corrected chi connectivity index (χ2v) is 9.12. The smallest absolute Gasteiger partial charge is 0.270 e. The number of carbonyl (C=O) groups excluding carboxylic acids is 3. The molecule has 0 aliphatic heterocycles. The molecule has 1 saturated carbocycles. The monoisotopic (exact) mass is 485 g/mol. The quantitative estimate of drug-likeness (QED) is 0.442. The van der Waals surface area contributed by atoms with Crippen LogP contribution in [0.15, 0.2) is 39.4 Å². The van der Waals surface area contributed by atoms with Crippen molar-refractivity contribution in [3.63, 3.8) is 0 Å². The highest BCUT2D eigenvalue weighted by atomic mass is 32.1. The molecular weight excluding hydrogens is 458 g/mol. The molecule has 11 heteroatoms. The van der Waals surface area contributed by atoms with Gasteiger partial charge in [-0.05, 0) is 55.6 Å². The lowest BCUT2D eigenvalue weighted by Crippen LogP contribution is -2.46. The van der Waals surface area contributed by atoms with Gasteiger partial charge < -0.3 is 30.5 Å². The summed E-state index contributed by atoms with van der Waals surface area (Å²) in [5.41, 5.74) is 11.1. The first-order valence-corrected chi connectivity index (χ1v) is 11.9. The number of nitrogen functional groups attached to an aromatic ring is 1. The summed E-state index contributed by atoms with van der Waals surface area (Å²) >= 11 is 0.759. The van der Waals surface area contributed by atoms with Crippen molar-refractivity contribution in [3.8, 4) is 0 Å². The zero-order valence-corrected chi connectivity index (χ0v) is 19.6. The summed E-state index contributed by atoms with van der Waals surface area (Å²) in [5, 5.41) is 3.09. The third kappa shape index (κ3) is 4.98. The van der Waals surface area contributed by atoms with E-state index in [-0.39, 0.29) is 34.8 Å². The van der Waals surface area contributed by atoms with Gasteiger partial charge in [0.15, 0.2) is 11.7 Å². The van der Waals surface area contributed by atoms with Crippen LogP contribution in [0.4, 0.5) is 5.69 Å². The van der Waals surface area contributed by atoms with Crippen molar-refractivity contribution in [2.24, 2.45) is 5.73 Å². The van der Waals surface area contributed by atoms with Crippen molar-refractivity contribution in [3.05, 3.63) is 58.4 Å². The summed E-state index contributed by atoms with van der Waals surface area (Å²) in [6.07, 6.45) is 6.47. The van der Waals surface area contributed by atoms with E-state index in [1.165, 1.54) is 11.2 Å². The lowest BCUT2D eigenvalue weighted by Gasteiger charge is -2.31. The van der Waals surface area contributed by atoms with Gasteiger partial charge in [-0.25, -0.2) is 0 Å². The summed E-state index contributed by atoms with van der Waals surface area (Å²) in [4.78, 5) is 40.3. The van der Waals surface area contributed by atoms with Gasteiger partial charge in [-0.15, -0.1) is 0 Å². The SMILES string of the molecule is Cc1ccc(C(C(=O)NC2CCCCC2)N(Cc2ccco2)C(=O)c2snc(C(N)=O)c2N)o1. The van der Waals surface area contributed by atoms with Crippen molar-refractivity contribution < 1.29 is 23.2 Å². The fourth-order valence-electron chi connectivity index (χ4n) is 4.16. The molecule has 1 atom stereocenters. The van der Waals surface area contributed by atoms with Crippen molar-refractivity contribution >= 4 is 34.9 Å². The van der Waals surface area contributed by atoms with E-state index in [9.17, 15) is 14.4 Å². The molecule has 0 saturated heterocycles. The number of anilines is 1. The Kier molecular flexibility index (Phi) is 7.01. The molecule has 1 aliphatic rings. The molecule has 0 aromatic carbocycles. The summed E-state index contributed by atoms with van der Waals surface area (Å²) in [6, 6.07) is 5.74. The van der Waals surface area contributed by atoms with Crippen molar-refractivity contribution in [1.82, 2.24) is 14.6 Å². The number of nitrogens with one attached hydrogen (secondary N) is 1. The number of nitrogens with two attached hydrogens (primary N) is 2. The lowest BCUT2D eigenvalue weighted by atomic mass is 9.95. The number of rotatable bonds is 8. The predicted molar refractivity (Wildman–Crippen MR) is 125 cm³/mol. The predicted octanol–water partition coefficient (Wildman–Crippen LogP) is 3.15. The number of aryl methyl sites for hydroxylation is 1. The number of primary amides is 1. The van der Waals surface area contributed by atoms with E-state index in [2.05, 4.69) is 9.69 Å². The molecule has 5 N–H and O–H groups in total. The van der Waals surface area contributed by atoms with Crippen LogP contribution in [0.1, 0.15) is 75.6 Å². The van der Waals surface area contributed by atoms with E-state index < -0.39 is 17.9 Å². The Morgan fingerprint density at radius 3 is 2.59 bits per heavy atom. The molecule has 1 aliphatic carbocycles. The third-order valence-electron chi connectivity index (χ3n) is 5.86. The molecule has 3 heterocycles. The molecule has 1 unspecified atom stereocenters. The van der Waals surface area contributed by atoms with Crippen molar-refractivity contribution in [2.75, 3.05) is 5.73 Å². The van der Waals surface area contributed by atoms with Crippen LogP contribution in [-0.2, 0) is 11.3 Å². The van der Waals surface area contributed by atoms with Crippen molar-refractivity contribution in [2.45, 2.75) is 57.7 Å². The molecular formula is C23H27N5O5S. The van der Waals surface area contributed by atoms with Gasteiger partial charge in [0.25, 0.3) is 17.7 Å². The average molecular weight is 486 g/mol. The van der Waals surface area contributed by atoms with Crippen LogP contribution < -0.4 is 16.8 Å². The van der Waals surface area contributed by atoms with Crippen LogP contribution in [0.5, 0.6) is 0 Å². The third-order valence-corrected chi connectivity index (χ3v) is 6.72. The molecule has 34 heavy (non-hydrogen) atoms. The topological polar surface area (TPSA) is 158 Å². The number of amides is 3. The zero-order valence-electron chi connectivity index (χ0n) is 18.8. The first-order valence-electron chi connectivity index (χ1n) is 11.1. The Morgan fingerprint density at radius 2 is 2.00 bits per heavy atom. The Labute approximate surface area is 200 Å². The van der Waals surface area contributed by atoms with Crippen LogP contribution in [0.25, 0.3) is 0 Å². The maximum absolute atomic E-state index is 13.7. The largest absolute Gasteiger partial charge is 0.467 e. The van der Waals surface area contributed by atoms with Gasteiger partial charge in [-0.2, -0.15) is 4.37 Å². The van der Waals surface area contributed by atoms with E-state index >= 15 is 0 Å². The van der Waals surface area contributed by atoms with E-state index in [0.717, 1.165) is 43.6 Å². The maximum atomic E-state index is 13.7. The highest BCUT2D eigenvalue weighted by Gasteiger charge is 2.38. The summed E-state index contributed by atoms with van der Waals surface area (Å²) < 4.78 is 15.2. The molecule has 3 amide bonds. The first kappa shape index (κ1) is 23.6. The van der Waals surface area contributed by atoms with Gasteiger partial charge in [-0.3, -0.25) is 14.4 Å². The van der Waals surface area contributed by atoms with Crippen molar-refractivity contribution in [1.29, 1.82) is 0 Å². The number of carbonyl (C=O) groups is 3. The van der Waals surface area contributed by atoms with E-state index in [4.69, 9.17) is 20.3 Å². The summed E-state index contributed by atoms with van der Waals surface area (Å²) in [5.74, 6) is -0.409. The van der Waals surface area contributed by atoms with E-state index in [1.54, 1.807) is 31.2 Å². The Hall–Kier alpha value is -3.60. The number of nitrogens with zero attached hydrogens (tertiary/aromatic N) is 2. The molecule has 3 aromatic heterocycles. The molecule has 0 spiro atoms.